The van der Waals surface area contributed by atoms with Crippen molar-refractivity contribution in [3.05, 3.63) is 30.1 Å². The van der Waals surface area contributed by atoms with Gasteiger partial charge in [0.1, 0.15) is 0 Å². The highest BCUT2D eigenvalue weighted by Gasteiger charge is 2.54. The summed E-state index contributed by atoms with van der Waals surface area (Å²) in [5.41, 5.74) is 0.0123. The first-order chi connectivity index (χ1) is 8.74. The van der Waals surface area contributed by atoms with Crippen molar-refractivity contribution in [1.82, 2.24) is 4.98 Å². The Morgan fingerprint density at radius 2 is 1.89 bits per heavy atom. The zero-order chi connectivity index (χ0) is 14.7. The van der Waals surface area contributed by atoms with Crippen molar-refractivity contribution >= 4 is 58.2 Å². The first-order valence-electron chi connectivity index (χ1n) is 5.13. The molecule has 8 heteroatoms. The Hall–Kier alpha value is -0.550. The second kappa shape index (κ2) is 6.27. The molecule has 0 spiro atoms. The third-order valence-electron chi connectivity index (χ3n) is 2.09. The van der Waals surface area contributed by atoms with Crippen LogP contribution in [0.5, 0.6) is 0 Å². The number of hydrogen-bond donors (Lipinski definition) is 0. The Kier molecular flexibility index (Phi) is 5.44. The van der Waals surface area contributed by atoms with Crippen molar-refractivity contribution in [2.75, 3.05) is 6.61 Å². The number of esters is 1. The summed E-state index contributed by atoms with van der Waals surface area (Å²) < 4.78 is -0.0607. The van der Waals surface area contributed by atoms with E-state index in [0.29, 0.717) is 0 Å². The summed E-state index contributed by atoms with van der Waals surface area (Å²) in [5, 5.41) is 0. The molecule has 4 nitrogen and oxygen atoms in total. The number of Topliss-reactive ketones (excluding diaryl/α,β-unsaturated/α-hetero) is 1. The Morgan fingerprint density at radius 1 is 1.26 bits per heavy atom. The minimum atomic E-state index is -2.50. The van der Waals surface area contributed by atoms with Gasteiger partial charge in [0.15, 0.2) is 0 Å². The van der Waals surface area contributed by atoms with Crippen molar-refractivity contribution in [3.8, 4) is 0 Å². The van der Waals surface area contributed by atoms with E-state index >= 15 is 0 Å². The minimum absolute atomic E-state index is 0.00839. The van der Waals surface area contributed by atoms with Crippen LogP contribution in [0.15, 0.2) is 24.4 Å². The number of hydrogen-bond acceptors (Lipinski definition) is 4. The molecule has 1 aromatic heterocycles. The Bertz CT molecular complexity index is 476. The van der Waals surface area contributed by atoms with Gasteiger partial charge in [-0.2, -0.15) is 0 Å². The van der Waals surface area contributed by atoms with E-state index in [-0.39, 0.29) is 12.3 Å². The molecule has 0 amide bonds. The summed E-state index contributed by atoms with van der Waals surface area (Å²) in [5.74, 6) is -2.27. The van der Waals surface area contributed by atoms with Crippen LogP contribution in [0.1, 0.15) is 12.6 Å². The van der Waals surface area contributed by atoms with Crippen LogP contribution in [-0.4, -0.2) is 27.7 Å². The van der Waals surface area contributed by atoms with Gasteiger partial charge in [0, 0.05) is 6.20 Å². The van der Waals surface area contributed by atoms with Crippen LogP contribution in [0.4, 0.5) is 0 Å². The van der Waals surface area contributed by atoms with Gasteiger partial charge < -0.3 is 4.74 Å². The molecule has 0 fully saturated rings. The molecule has 0 unspecified atom stereocenters. The molecule has 0 N–H and O–H groups in total. The highest BCUT2D eigenvalue weighted by molar-refractivity contribution is 6.73. The predicted molar refractivity (Wildman–Crippen MR) is 73.7 cm³/mol. The molecule has 0 atom stereocenters. The monoisotopic (exact) mass is 343 g/mol. The van der Waals surface area contributed by atoms with E-state index in [2.05, 4.69) is 9.72 Å². The molecule has 0 aliphatic carbocycles. The lowest BCUT2D eigenvalue weighted by molar-refractivity contribution is -0.146. The second-order valence-corrected chi connectivity index (χ2v) is 6.07. The molecule has 1 heterocycles. The number of aromatic nitrogens is 1. The maximum absolute atomic E-state index is 12.1. The van der Waals surface area contributed by atoms with Crippen molar-refractivity contribution in [3.63, 3.8) is 0 Å². The van der Waals surface area contributed by atoms with Crippen molar-refractivity contribution in [2.24, 2.45) is 0 Å². The van der Waals surface area contributed by atoms with E-state index in [9.17, 15) is 9.59 Å². The Balaban J connectivity index is 3.08. The summed E-state index contributed by atoms with van der Waals surface area (Å²) in [4.78, 5) is 27.5. The first kappa shape index (κ1) is 16.5. The molecule has 0 radical (unpaired) electrons. The lowest BCUT2D eigenvalue weighted by Gasteiger charge is -2.24. The maximum atomic E-state index is 12.1. The standard InChI is InChI=1S/C11H9Cl4NO3/c1-2-19-9(18)11(14,15)8(17)10(12,13)7-5-3-4-6-16-7/h3-6H,2H2,1H3. The van der Waals surface area contributed by atoms with Gasteiger partial charge in [-0.25, -0.2) is 4.79 Å². The maximum Gasteiger partial charge on any atom is 0.350 e. The lowest BCUT2D eigenvalue weighted by atomic mass is 10.1. The number of rotatable bonds is 5. The highest BCUT2D eigenvalue weighted by Crippen LogP contribution is 2.41. The van der Waals surface area contributed by atoms with Gasteiger partial charge in [0.2, 0.25) is 10.1 Å². The fourth-order valence-corrected chi connectivity index (χ4v) is 2.27. The molecule has 0 bridgehead atoms. The predicted octanol–water partition coefficient (Wildman–Crippen LogP) is 3.02. The zero-order valence-electron chi connectivity index (χ0n) is 9.70. The molecule has 0 aliphatic heterocycles. The van der Waals surface area contributed by atoms with E-state index in [1.54, 1.807) is 19.1 Å². The first-order valence-corrected chi connectivity index (χ1v) is 6.65. The number of carbonyl (C=O) groups excluding carboxylic acids is 2. The van der Waals surface area contributed by atoms with Gasteiger partial charge in [-0.05, 0) is 19.1 Å². The lowest BCUT2D eigenvalue weighted by Crippen LogP contribution is -2.45. The molecule has 0 saturated carbocycles. The molecular weight excluding hydrogens is 336 g/mol. The number of alkyl halides is 4. The number of ether oxygens (including phenoxy) is 1. The fraction of sp³-hybridized carbons (Fsp3) is 0.364. The molecule has 1 rings (SSSR count). The van der Waals surface area contributed by atoms with E-state index in [4.69, 9.17) is 46.4 Å². The van der Waals surface area contributed by atoms with Crippen molar-refractivity contribution in [1.29, 1.82) is 0 Å². The summed E-state index contributed by atoms with van der Waals surface area (Å²) in [6.07, 6.45) is 1.39. The summed E-state index contributed by atoms with van der Waals surface area (Å²) in [6, 6.07) is 4.59. The van der Waals surface area contributed by atoms with Crippen LogP contribution in [0.25, 0.3) is 0 Å². The number of nitrogens with zero attached hydrogens (tertiary/aromatic N) is 1. The van der Waals surface area contributed by atoms with Gasteiger partial charge in [-0.3, -0.25) is 9.78 Å². The van der Waals surface area contributed by atoms with E-state index in [1.807, 2.05) is 0 Å². The Morgan fingerprint density at radius 3 is 2.37 bits per heavy atom. The van der Waals surface area contributed by atoms with Gasteiger partial charge in [0.05, 0.1) is 12.3 Å². The van der Waals surface area contributed by atoms with Crippen molar-refractivity contribution in [2.45, 2.75) is 15.6 Å². The average molecular weight is 345 g/mol. The molecule has 104 valence electrons. The van der Waals surface area contributed by atoms with Crippen LogP contribution in [0, 0.1) is 0 Å². The van der Waals surface area contributed by atoms with Gasteiger partial charge in [-0.1, -0.05) is 52.5 Å². The quantitative estimate of drug-likeness (QED) is 0.468. The normalized spacial score (nSPS) is 12.1. The van der Waals surface area contributed by atoms with E-state index < -0.39 is 20.4 Å². The van der Waals surface area contributed by atoms with Gasteiger partial charge in [0.25, 0.3) is 4.33 Å². The Labute approximate surface area is 129 Å². The number of carbonyl (C=O) groups is 2. The van der Waals surface area contributed by atoms with Crippen LogP contribution >= 0.6 is 46.4 Å². The molecule has 0 aliphatic rings. The largest absolute Gasteiger partial charge is 0.463 e. The summed E-state index contributed by atoms with van der Waals surface area (Å²) >= 11 is 23.2. The number of ketones is 1. The third kappa shape index (κ3) is 3.51. The summed E-state index contributed by atoms with van der Waals surface area (Å²) in [7, 11) is 0. The smallest absolute Gasteiger partial charge is 0.350 e. The van der Waals surface area contributed by atoms with Crippen LogP contribution < -0.4 is 0 Å². The van der Waals surface area contributed by atoms with Crippen LogP contribution in [0.2, 0.25) is 0 Å². The highest BCUT2D eigenvalue weighted by atomic mass is 35.5. The van der Waals surface area contributed by atoms with Crippen molar-refractivity contribution < 1.29 is 14.3 Å². The van der Waals surface area contributed by atoms with Gasteiger partial charge >= 0.3 is 5.97 Å². The van der Waals surface area contributed by atoms with E-state index in [1.165, 1.54) is 12.3 Å². The molecule has 1 aromatic rings. The van der Waals surface area contributed by atoms with Crippen LogP contribution in [0.3, 0.4) is 0 Å². The topological polar surface area (TPSA) is 56.3 Å². The number of pyridine rings is 1. The molecule has 19 heavy (non-hydrogen) atoms. The zero-order valence-corrected chi connectivity index (χ0v) is 12.7. The SMILES string of the molecule is CCOC(=O)C(Cl)(Cl)C(=O)C(Cl)(Cl)c1ccccn1. The fourth-order valence-electron chi connectivity index (χ4n) is 1.18. The number of halogens is 4. The summed E-state index contributed by atoms with van der Waals surface area (Å²) in [6.45, 7) is 1.55. The van der Waals surface area contributed by atoms with E-state index in [0.717, 1.165) is 0 Å². The van der Waals surface area contributed by atoms with Crippen LogP contribution in [-0.2, 0) is 18.7 Å². The van der Waals surface area contributed by atoms with Gasteiger partial charge in [-0.15, -0.1) is 0 Å². The molecular formula is C11H9Cl4NO3. The molecule has 0 aromatic carbocycles. The average Bonchev–Trinajstić information content (AvgIpc) is 2.39. The minimum Gasteiger partial charge on any atom is -0.463 e. The second-order valence-electron chi connectivity index (χ2n) is 3.41. The molecule has 0 saturated heterocycles. The third-order valence-corrected chi connectivity index (χ3v) is 3.47.